The number of carbonyl (C=O) groups excluding carboxylic acids is 2. The molecule has 6 heteroatoms. The number of rotatable bonds is 4. The van der Waals surface area contributed by atoms with Gasteiger partial charge in [0.05, 0.1) is 0 Å². The summed E-state index contributed by atoms with van der Waals surface area (Å²) in [5.74, 6) is -0.645. The zero-order valence-corrected chi connectivity index (χ0v) is 14.9. The van der Waals surface area contributed by atoms with Gasteiger partial charge in [-0.15, -0.1) is 0 Å². The van der Waals surface area contributed by atoms with Gasteiger partial charge in [0.25, 0.3) is 0 Å². The van der Waals surface area contributed by atoms with E-state index in [1.54, 1.807) is 63.2 Å². The second-order valence-corrected chi connectivity index (χ2v) is 6.58. The molecule has 0 aliphatic rings. The zero-order chi connectivity index (χ0) is 19.2. The Labute approximate surface area is 151 Å². The standard InChI is InChI=1S/C20H21FN2O3/c1-20(2,3)26-19(25)23-17-11-9-16(10-12-17)22-18(24)13-6-14-4-7-15(21)8-5-14/h4-13H,1-3H3,(H,22,24)(H,23,25)/b13-6+. The summed E-state index contributed by atoms with van der Waals surface area (Å²) < 4.78 is 18.0. The third-order valence-corrected chi connectivity index (χ3v) is 3.09. The molecule has 0 saturated heterocycles. The normalized spacial score (nSPS) is 11.2. The highest BCUT2D eigenvalue weighted by atomic mass is 19.1. The van der Waals surface area contributed by atoms with Gasteiger partial charge in [-0.1, -0.05) is 12.1 Å². The van der Waals surface area contributed by atoms with Crippen LogP contribution in [0.1, 0.15) is 26.3 Å². The van der Waals surface area contributed by atoms with Gasteiger partial charge in [-0.2, -0.15) is 0 Å². The third-order valence-electron chi connectivity index (χ3n) is 3.09. The minimum Gasteiger partial charge on any atom is -0.444 e. The summed E-state index contributed by atoms with van der Waals surface area (Å²) in [4.78, 5) is 23.6. The molecule has 0 atom stereocenters. The van der Waals surface area contributed by atoms with Crippen molar-refractivity contribution in [3.8, 4) is 0 Å². The first-order chi connectivity index (χ1) is 12.2. The molecule has 0 radical (unpaired) electrons. The Morgan fingerprint density at radius 2 is 1.46 bits per heavy atom. The fraction of sp³-hybridized carbons (Fsp3) is 0.200. The van der Waals surface area contributed by atoms with Crippen LogP contribution in [0.15, 0.2) is 54.6 Å². The highest BCUT2D eigenvalue weighted by Crippen LogP contribution is 2.15. The smallest absolute Gasteiger partial charge is 0.412 e. The van der Waals surface area contributed by atoms with Crippen molar-refractivity contribution in [3.63, 3.8) is 0 Å². The Morgan fingerprint density at radius 3 is 2.00 bits per heavy atom. The molecule has 0 spiro atoms. The Kier molecular flexibility index (Phi) is 6.11. The predicted molar refractivity (Wildman–Crippen MR) is 100 cm³/mol. The molecule has 0 saturated carbocycles. The molecule has 136 valence electrons. The first-order valence-electron chi connectivity index (χ1n) is 8.06. The number of carbonyl (C=O) groups is 2. The number of amides is 2. The van der Waals surface area contributed by atoms with Crippen molar-refractivity contribution in [2.24, 2.45) is 0 Å². The predicted octanol–water partition coefficient (Wildman–Crippen LogP) is 4.82. The van der Waals surface area contributed by atoms with Crippen molar-refractivity contribution in [1.82, 2.24) is 0 Å². The summed E-state index contributed by atoms with van der Waals surface area (Å²) in [6.45, 7) is 5.35. The first kappa shape index (κ1) is 19.2. The van der Waals surface area contributed by atoms with E-state index in [0.717, 1.165) is 5.56 Å². The molecule has 0 heterocycles. The molecule has 5 nitrogen and oxygen atoms in total. The summed E-state index contributed by atoms with van der Waals surface area (Å²) in [5.41, 5.74) is 1.28. The number of benzene rings is 2. The van der Waals surface area contributed by atoms with Crippen molar-refractivity contribution in [2.45, 2.75) is 26.4 Å². The second-order valence-electron chi connectivity index (χ2n) is 6.58. The first-order valence-corrected chi connectivity index (χ1v) is 8.06. The maximum absolute atomic E-state index is 12.8. The van der Waals surface area contributed by atoms with Gasteiger partial charge in [0.15, 0.2) is 0 Å². The van der Waals surface area contributed by atoms with Crippen LogP contribution in [0.25, 0.3) is 6.08 Å². The monoisotopic (exact) mass is 356 g/mol. The van der Waals surface area contributed by atoms with Crippen molar-refractivity contribution < 1.29 is 18.7 Å². The van der Waals surface area contributed by atoms with Crippen LogP contribution in [0.3, 0.4) is 0 Å². The molecule has 0 aliphatic heterocycles. The molecular formula is C20H21FN2O3. The molecule has 0 fully saturated rings. The molecule has 2 aromatic rings. The van der Waals surface area contributed by atoms with Gasteiger partial charge in [-0.3, -0.25) is 10.1 Å². The molecule has 0 bridgehead atoms. The van der Waals surface area contributed by atoms with Gasteiger partial charge in [-0.05, 0) is 68.8 Å². The van der Waals surface area contributed by atoms with Gasteiger partial charge < -0.3 is 10.1 Å². The Balaban J connectivity index is 1.89. The molecule has 0 aliphatic carbocycles. The minimum absolute atomic E-state index is 0.317. The maximum Gasteiger partial charge on any atom is 0.412 e. The SMILES string of the molecule is CC(C)(C)OC(=O)Nc1ccc(NC(=O)/C=C/c2ccc(F)cc2)cc1. The summed E-state index contributed by atoms with van der Waals surface area (Å²) >= 11 is 0. The average molecular weight is 356 g/mol. The van der Waals surface area contributed by atoms with Crippen LogP contribution < -0.4 is 10.6 Å². The summed E-state index contributed by atoms with van der Waals surface area (Å²) in [7, 11) is 0. The van der Waals surface area contributed by atoms with E-state index in [4.69, 9.17) is 4.74 Å². The van der Waals surface area contributed by atoms with Gasteiger partial charge in [0, 0.05) is 17.5 Å². The van der Waals surface area contributed by atoms with Gasteiger partial charge >= 0.3 is 6.09 Å². The molecule has 2 amide bonds. The van der Waals surface area contributed by atoms with E-state index in [1.165, 1.54) is 18.2 Å². The molecule has 2 aromatic carbocycles. The van der Waals surface area contributed by atoms with Crippen LogP contribution in [0, 0.1) is 5.82 Å². The number of halogens is 1. The van der Waals surface area contributed by atoms with E-state index in [0.29, 0.717) is 11.4 Å². The van der Waals surface area contributed by atoms with E-state index in [-0.39, 0.29) is 11.7 Å². The number of nitrogens with one attached hydrogen (secondary N) is 2. The van der Waals surface area contributed by atoms with E-state index < -0.39 is 11.7 Å². The fourth-order valence-corrected chi connectivity index (χ4v) is 1.99. The van der Waals surface area contributed by atoms with E-state index in [1.807, 2.05) is 0 Å². The number of hydrogen-bond acceptors (Lipinski definition) is 3. The quantitative estimate of drug-likeness (QED) is 0.772. The third kappa shape index (κ3) is 6.76. The van der Waals surface area contributed by atoms with Crippen LogP contribution in [-0.2, 0) is 9.53 Å². The Morgan fingerprint density at radius 1 is 0.923 bits per heavy atom. The Hall–Kier alpha value is -3.15. The molecule has 2 rings (SSSR count). The van der Waals surface area contributed by atoms with E-state index in [9.17, 15) is 14.0 Å². The Bertz CT molecular complexity index is 791. The zero-order valence-electron chi connectivity index (χ0n) is 14.9. The van der Waals surface area contributed by atoms with Gasteiger partial charge in [-0.25, -0.2) is 9.18 Å². The van der Waals surface area contributed by atoms with Crippen molar-refractivity contribution in [1.29, 1.82) is 0 Å². The molecule has 0 unspecified atom stereocenters. The number of hydrogen-bond donors (Lipinski definition) is 2. The van der Waals surface area contributed by atoms with E-state index >= 15 is 0 Å². The van der Waals surface area contributed by atoms with Gasteiger partial charge in [0.1, 0.15) is 11.4 Å². The van der Waals surface area contributed by atoms with Crippen molar-refractivity contribution >= 4 is 29.5 Å². The van der Waals surface area contributed by atoms with Crippen LogP contribution >= 0.6 is 0 Å². The molecule has 0 aromatic heterocycles. The summed E-state index contributed by atoms with van der Waals surface area (Å²) in [5, 5.41) is 5.31. The summed E-state index contributed by atoms with van der Waals surface area (Å²) in [6.07, 6.45) is 2.41. The topological polar surface area (TPSA) is 67.4 Å². The highest BCUT2D eigenvalue weighted by Gasteiger charge is 2.16. The van der Waals surface area contributed by atoms with Crippen LogP contribution in [0.4, 0.5) is 20.6 Å². The number of anilines is 2. The lowest BCUT2D eigenvalue weighted by molar-refractivity contribution is -0.111. The highest BCUT2D eigenvalue weighted by molar-refractivity contribution is 6.02. The largest absolute Gasteiger partial charge is 0.444 e. The number of ether oxygens (including phenoxy) is 1. The minimum atomic E-state index is -0.575. The van der Waals surface area contributed by atoms with E-state index in [2.05, 4.69) is 10.6 Å². The van der Waals surface area contributed by atoms with Crippen molar-refractivity contribution in [3.05, 3.63) is 66.0 Å². The van der Waals surface area contributed by atoms with Crippen molar-refractivity contribution in [2.75, 3.05) is 10.6 Å². The summed E-state index contributed by atoms with van der Waals surface area (Å²) in [6, 6.07) is 12.5. The lowest BCUT2D eigenvalue weighted by Gasteiger charge is -2.19. The van der Waals surface area contributed by atoms with Gasteiger partial charge in [0.2, 0.25) is 5.91 Å². The maximum atomic E-state index is 12.8. The van der Waals surface area contributed by atoms with Crippen LogP contribution in [0.2, 0.25) is 0 Å². The molecule has 26 heavy (non-hydrogen) atoms. The second kappa shape index (κ2) is 8.29. The molecular weight excluding hydrogens is 335 g/mol. The fourth-order valence-electron chi connectivity index (χ4n) is 1.99. The lowest BCUT2D eigenvalue weighted by atomic mass is 10.2. The lowest BCUT2D eigenvalue weighted by Crippen LogP contribution is -2.27. The van der Waals surface area contributed by atoms with Crippen LogP contribution in [0.5, 0.6) is 0 Å². The van der Waals surface area contributed by atoms with Crippen LogP contribution in [-0.4, -0.2) is 17.6 Å². The molecule has 2 N–H and O–H groups in total. The average Bonchev–Trinajstić information content (AvgIpc) is 2.54.